The van der Waals surface area contributed by atoms with Crippen LogP contribution >= 0.6 is 11.8 Å². The number of aryl methyl sites for hydroxylation is 1. The van der Waals surface area contributed by atoms with Crippen molar-refractivity contribution in [3.8, 4) is 0 Å². The third-order valence-corrected chi connectivity index (χ3v) is 4.78. The standard InChI is InChI=1S/C19H27NO4S/c1-13(2)11-17(19(23)24)20-18(22)16(12-25-14(3)21)10-9-15-7-5-4-6-8-15/h4-8,13,16-17H,9-12H2,1-3H3,(H,20,22)(H,23,24)/t16?,17-/m0/s1. The van der Waals surface area contributed by atoms with Crippen molar-refractivity contribution in [3.05, 3.63) is 35.9 Å². The van der Waals surface area contributed by atoms with E-state index in [0.29, 0.717) is 25.0 Å². The number of thioether (sulfide) groups is 1. The zero-order chi connectivity index (χ0) is 18.8. The lowest BCUT2D eigenvalue weighted by molar-refractivity contribution is -0.142. The molecule has 1 unspecified atom stereocenters. The first kappa shape index (κ1) is 21.2. The summed E-state index contributed by atoms with van der Waals surface area (Å²) in [6.07, 6.45) is 1.66. The summed E-state index contributed by atoms with van der Waals surface area (Å²) >= 11 is 1.11. The maximum Gasteiger partial charge on any atom is 0.326 e. The Morgan fingerprint density at radius 2 is 1.80 bits per heavy atom. The minimum Gasteiger partial charge on any atom is -0.480 e. The van der Waals surface area contributed by atoms with E-state index in [1.807, 2.05) is 44.2 Å². The molecule has 1 aromatic carbocycles. The first-order chi connectivity index (χ1) is 11.8. The molecule has 138 valence electrons. The van der Waals surface area contributed by atoms with E-state index >= 15 is 0 Å². The summed E-state index contributed by atoms with van der Waals surface area (Å²) in [5, 5.41) is 11.9. The highest BCUT2D eigenvalue weighted by molar-refractivity contribution is 8.13. The number of carboxylic acids is 1. The van der Waals surface area contributed by atoms with Crippen molar-refractivity contribution in [2.75, 3.05) is 5.75 Å². The van der Waals surface area contributed by atoms with Crippen LogP contribution in [-0.4, -0.2) is 33.9 Å². The van der Waals surface area contributed by atoms with E-state index in [2.05, 4.69) is 5.32 Å². The van der Waals surface area contributed by atoms with E-state index in [4.69, 9.17) is 0 Å². The zero-order valence-corrected chi connectivity index (χ0v) is 15.8. The lowest BCUT2D eigenvalue weighted by Crippen LogP contribution is -2.45. The Bertz CT molecular complexity index is 574. The predicted molar refractivity (Wildman–Crippen MR) is 100 cm³/mol. The molecule has 0 aliphatic heterocycles. The van der Waals surface area contributed by atoms with E-state index in [9.17, 15) is 19.5 Å². The fourth-order valence-electron chi connectivity index (χ4n) is 2.48. The molecule has 0 aliphatic rings. The van der Waals surface area contributed by atoms with Gasteiger partial charge in [-0.15, -0.1) is 0 Å². The third-order valence-electron chi connectivity index (χ3n) is 3.80. The molecule has 2 N–H and O–H groups in total. The van der Waals surface area contributed by atoms with Crippen molar-refractivity contribution in [3.63, 3.8) is 0 Å². The van der Waals surface area contributed by atoms with Gasteiger partial charge in [0, 0.05) is 18.6 Å². The van der Waals surface area contributed by atoms with Crippen molar-refractivity contribution in [2.45, 2.75) is 46.1 Å². The molecule has 0 radical (unpaired) electrons. The van der Waals surface area contributed by atoms with Crippen molar-refractivity contribution in [2.24, 2.45) is 11.8 Å². The van der Waals surface area contributed by atoms with Crippen LogP contribution in [0.3, 0.4) is 0 Å². The molecule has 0 bridgehead atoms. The van der Waals surface area contributed by atoms with Crippen LogP contribution < -0.4 is 5.32 Å². The molecule has 0 saturated heterocycles. The van der Waals surface area contributed by atoms with Gasteiger partial charge in [-0.25, -0.2) is 4.79 Å². The normalized spacial score (nSPS) is 13.3. The number of hydrogen-bond donors (Lipinski definition) is 2. The van der Waals surface area contributed by atoms with Crippen LogP contribution in [0.25, 0.3) is 0 Å². The lowest BCUT2D eigenvalue weighted by atomic mass is 9.98. The molecule has 0 spiro atoms. The van der Waals surface area contributed by atoms with E-state index in [-0.39, 0.29) is 16.9 Å². The summed E-state index contributed by atoms with van der Waals surface area (Å²) in [7, 11) is 0. The molecule has 0 fully saturated rings. The maximum atomic E-state index is 12.6. The molecule has 0 aliphatic carbocycles. The van der Waals surface area contributed by atoms with Crippen LogP contribution in [0.15, 0.2) is 30.3 Å². The summed E-state index contributed by atoms with van der Waals surface area (Å²) in [5.41, 5.74) is 1.12. The van der Waals surface area contributed by atoms with Gasteiger partial charge in [0.15, 0.2) is 5.12 Å². The van der Waals surface area contributed by atoms with Gasteiger partial charge in [0.05, 0.1) is 0 Å². The van der Waals surface area contributed by atoms with Crippen LogP contribution in [0.2, 0.25) is 0 Å². The van der Waals surface area contributed by atoms with Crippen LogP contribution in [-0.2, 0) is 20.8 Å². The minimum absolute atomic E-state index is 0.0468. The summed E-state index contributed by atoms with van der Waals surface area (Å²) in [6, 6.07) is 8.91. The first-order valence-electron chi connectivity index (χ1n) is 8.50. The molecule has 0 heterocycles. The van der Waals surface area contributed by atoms with Gasteiger partial charge < -0.3 is 10.4 Å². The Morgan fingerprint density at radius 1 is 1.16 bits per heavy atom. The molecule has 25 heavy (non-hydrogen) atoms. The van der Waals surface area contributed by atoms with Gasteiger partial charge in [0.2, 0.25) is 5.91 Å². The molecule has 1 aromatic rings. The zero-order valence-electron chi connectivity index (χ0n) is 15.0. The molecular formula is C19H27NO4S. The second kappa shape index (κ2) is 10.9. The number of nitrogens with one attached hydrogen (secondary N) is 1. The molecule has 5 nitrogen and oxygen atoms in total. The highest BCUT2D eigenvalue weighted by Crippen LogP contribution is 2.17. The highest BCUT2D eigenvalue weighted by atomic mass is 32.2. The van der Waals surface area contributed by atoms with Crippen LogP contribution in [0.1, 0.15) is 39.2 Å². The smallest absolute Gasteiger partial charge is 0.326 e. The van der Waals surface area contributed by atoms with Gasteiger partial charge in [0.25, 0.3) is 0 Å². The quantitative estimate of drug-likeness (QED) is 0.665. The topological polar surface area (TPSA) is 83.5 Å². The van der Waals surface area contributed by atoms with Crippen molar-refractivity contribution in [1.82, 2.24) is 5.32 Å². The van der Waals surface area contributed by atoms with Crippen LogP contribution in [0.5, 0.6) is 0 Å². The van der Waals surface area contributed by atoms with Crippen LogP contribution in [0.4, 0.5) is 0 Å². The molecule has 0 aromatic heterocycles. The number of hydrogen-bond acceptors (Lipinski definition) is 4. The van der Waals surface area contributed by atoms with Gasteiger partial charge in [-0.05, 0) is 30.7 Å². The Hall–Kier alpha value is -1.82. The fourth-order valence-corrected chi connectivity index (χ4v) is 3.23. The van der Waals surface area contributed by atoms with Gasteiger partial charge in [-0.2, -0.15) is 0 Å². The highest BCUT2D eigenvalue weighted by Gasteiger charge is 2.26. The summed E-state index contributed by atoms with van der Waals surface area (Å²) in [5.74, 6) is -1.19. The largest absolute Gasteiger partial charge is 0.480 e. The van der Waals surface area contributed by atoms with Gasteiger partial charge in [-0.1, -0.05) is 55.9 Å². The average molecular weight is 365 g/mol. The maximum absolute atomic E-state index is 12.6. The van der Waals surface area contributed by atoms with Crippen molar-refractivity contribution < 1.29 is 19.5 Å². The molecule has 1 rings (SSSR count). The number of benzene rings is 1. The summed E-state index contributed by atoms with van der Waals surface area (Å²) < 4.78 is 0. The van der Waals surface area contributed by atoms with Crippen molar-refractivity contribution >= 4 is 28.8 Å². The second-order valence-electron chi connectivity index (χ2n) is 6.55. The second-order valence-corrected chi connectivity index (χ2v) is 7.75. The van der Waals surface area contributed by atoms with Crippen LogP contribution in [0, 0.1) is 11.8 Å². The lowest BCUT2D eigenvalue weighted by Gasteiger charge is -2.21. The third kappa shape index (κ3) is 8.72. The number of carbonyl (C=O) groups excluding carboxylic acids is 2. The van der Waals surface area contributed by atoms with Gasteiger partial charge >= 0.3 is 5.97 Å². The number of carbonyl (C=O) groups is 3. The Morgan fingerprint density at radius 3 is 2.32 bits per heavy atom. The number of carboxylic acid groups (broad SMARTS) is 1. The van der Waals surface area contributed by atoms with Gasteiger partial charge in [0.1, 0.15) is 6.04 Å². The molecule has 1 amide bonds. The molecule has 6 heteroatoms. The summed E-state index contributed by atoms with van der Waals surface area (Å²) in [6.45, 7) is 5.30. The van der Waals surface area contributed by atoms with E-state index in [1.54, 1.807) is 0 Å². The Labute approximate surface area is 153 Å². The average Bonchev–Trinajstić information content (AvgIpc) is 2.54. The fraction of sp³-hybridized carbons (Fsp3) is 0.526. The minimum atomic E-state index is -1.02. The molecule has 0 saturated carbocycles. The number of aliphatic carboxylic acids is 1. The first-order valence-corrected chi connectivity index (χ1v) is 9.48. The van der Waals surface area contributed by atoms with E-state index < -0.39 is 17.9 Å². The molecular weight excluding hydrogens is 338 g/mol. The summed E-state index contributed by atoms with van der Waals surface area (Å²) in [4.78, 5) is 35.2. The van der Waals surface area contributed by atoms with E-state index in [1.165, 1.54) is 6.92 Å². The Balaban J connectivity index is 2.73. The number of rotatable bonds is 10. The number of amides is 1. The molecule has 2 atom stereocenters. The SMILES string of the molecule is CC(=O)SCC(CCc1ccccc1)C(=O)N[C@@H](CC(C)C)C(=O)O. The Kier molecular flexibility index (Phi) is 9.27. The van der Waals surface area contributed by atoms with Gasteiger partial charge in [-0.3, -0.25) is 9.59 Å². The monoisotopic (exact) mass is 365 g/mol. The van der Waals surface area contributed by atoms with E-state index in [0.717, 1.165) is 17.3 Å². The van der Waals surface area contributed by atoms with Crippen molar-refractivity contribution in [1.29, 1.82) is 0 Å². The predicted octanol–water partition coefficient (Wildman–Crippen LogP) is 3.13.